The van der Waals surface area contributed by atoms with Crippen LogP contribution >= 0.6 is 11.6 Å². The fraction of sp³-hybridized carbons (Fsp3) is 0.407. The first-order chi connectivity index (χ1) is 16.1. The van der Waals surface area contributed by atoms with E-state index in [4.69, 9.17) is 22.1 Å². The highest BCUT2D eigenvalue weighted by Crippen LogP contribution is 2.39. The number of methoxy groups -OCH3 is 1. The molecule has 0 atom stereocenters. The Morgan fingerprint density at radius 3 is 2.58 bits per heavy atom. The SMILES string of the molecule is COc1cc(Cl)cc(-c2ccc3ncc(C(=O)C4CC4)c(NC4CCC(CN)CC4)c3c2)c1. The lowest BCUT2D eigenvalue weighted by atomic mass is 9.85. The quantitative estimate of drug-likeness (QED) is 0.415. The van der Waals surface area contributed by atoms with E-state index in [0.29, 0.717) is 28.3 Å². The van der Waals surface area contributed by atoms with Crippen molar-refractivity contribution in [1.82, 2.24) is 4.98 Å². The van der Waals surface area contributed by atoms with Crippen LogP contribution < -0.4 is 15.8 Å². The van der Waals surface area contributed by atoms with Crippen LogP contribution in [-0.2, 0) is 0 Å². The van der Waals surface area contributed by atoms with E-state index in [1.54, 1.807) is 19.4 Å². The number of nitrogens with one attached hydrogen (secondary N) is 1. The molecule has 2 aliphatic carbocycles. The normalized spacial score (nSPS) is 20.6. The average molecular weight is 464 g/mol. The standard InChI is InChI=1S/C27H30ClN3O2/c1-33-22-11-19(10-20(28)13-22)18-6-9-25-23(12-18)26(24(15-30-25)27(32)17-4-5-17)31-21-7-2-16(14-29)3-8-21/h6,9-13,15-17,21H,2-5,7-8,14,29H2,1H3,(H,30,31). The van der Waals surface area contributed by atoms with Gasteiger partial charge in [0.05, 0.1) is 23.9 Å². The van der Waals surface area contributed by atoms with E-state index in [-0.39, 0.29) is 11.7 Å². The van der Waals surface area contributed by atoms with Gasteiger partial charge in [0.25, 0.3) is 0 Å². The molecule has 3 N–H and O–H groups in total. The van der Waals surface area contributed by atoms with Gasteiger partial charge in [0.2, 0.25) is 0 Å². The van der Waals surface area contributed by atoms with Crippen molar-refractivity contribution >= 4 is 34.0 Å². The lowest BCUT2D eigenvalue weighted by Gasteiger charge is -2.30. The lowest BCUT2D eigenvalue weighted by Crippen LogP contribution is -2.29. The van der Waals surface area contributed by atoms with Gasteiger partial charge in [-0.15, -0.1) is 0 Å². The van der Waals surface area contributed by atoms with E-state index in [1.807, 2.05) is 24.3 Å². The Labute approximate surface area is 199 Å². The molecule has 33 heavy (non-hydrogen) atoms. The second-order valence-corrected chi connectivity index (χ2v) is 9.83. The Kier molecular flexibility index (Phi) is 6.26. The summed E-state index contributed by atoms with van der Waals surface area (Å²) in [7, 11) is 1.64. The van der Waals surface area contributed by atoms with Gasteiger partial charge in [-0.3, -0.25) is 9.78 Å². The first-order valence-electron chi connectivity index (χ1n) is 11.8. The number of hydrogen-bond acceptors (Lipinski definition) is 5. The van der Waals surface area contributed by atoms with Gasteiger partial charge in [-0.05, 0) is 92.4 Å². The van der Waals surface area contributed by atoms with Crippen molar-refractivity contribution in [2.75, 3.05) is 19.0 Å². The third kappa shape index (κ3) is 4.71. The third-order valence-electron chi connectivity index (χ3n) is 7.05. The third-order valence-corrected chi connectivity index (χ3v) is 7.27. The number of rotatable bonds is 7. The number of nitrogens with two attached hydrogens (primary N) is 1. The van der Waals surface area contributed by atoms with Crippen LogP contribution in [0.2, 0.25) is 5.02 Å². The summed E-state index contributed by atoms with van der Waals surface area (Å²) < 4.78 is 5.41. The van der Waals surface area contributed by atoms with E-state index in [1.165, 1.54) is 0 Å². The molecule has 0 saturated heterocycles. The topological polar surface area (TPSA) is 77.2 Å². The van der Waals surface area contributed by atoms with E-state index >= 15 is 0 Å². The zero-order chi connectivity index (χ0) is 22.9. The van der Waals surface area contributed by atoms with Crippen LogP contribution in [0.1, 0.15) is 48.9 Å². The van der Waals surface area contributed by atoms with Crippen LogP contribution in [0.15, 0.2) is 42.6 Å². The van der Waals surface area contributed by atoms with Gasteiger partial charge in [0.1, 0.15) is 5.75 Å². The maximum absolute atomic E-state index is 13.2. The van der Waals surface area contributed by atoms with Crippen molar-refractivity contribution in [1.29, 1.82) is 0 Å². The molecule has 6 heteroatoms. The summed E-state index contributed by atoms with van der Waals surface area (Å²) in [5.41, 5.74) is 10.4. The summed E-state index contributed by atoms with van der Waals surface area (Å²) in [6.45, 7) is 0.753. The highest BCUT2D eigenvalue weighted by atomic mass is 35.5. The van der Waals surface area contributed by atoms with Crippen LogP contribution in [0.3, 0.4) is 0 Å². The van der Waals surface area contributed by atoms with E-state index in [2.05, 4.69) is 16.4 Å². The van der Waals surface area contributed by atoms with Crippen LogP contribution in [0.4, 0.5) is 5.69 Å². The average Bonchev–Trinajstić information content (AvgIpc) is 3.69. The van der Waals surface area contributed by atoms with Crippen molar-refractivity contribution in [3.05, 3.63) is 53.2 Å². The smallest absolute Gasteiger partial charge is 0.169 e. The predicted octanol–water partition coefficient (Wildman–Crippen LogP) is 6.09. The number of hydrogen-bond donors (Lipinski definition) is 2. The van der Waals surface area contributed by atoms with E-state index < -0.39 is 0 Å². The van der Waals surface area contributed by atoms with Crippen molar-refractivity contribution in [2.45, 2.75) is 44.6 Å². The fourth-order valence-electron chi connectivity index (χ4n) is 4.87. The van der Waals surface area contributed by atoms with Crippen molar-refractivity contribution in [2.24, 2.45) is 17.6 Å². The molecule has 172 valence electrons. The number of ether oxygens (including phenoxy) is 1. The van der Waals surface area contributed by atoms with Crippen LogP contribution in [-0.4, -0.2) is 30.5 Å². The van der Waals surface area contributed by atoms with Gasteiger partial charge in [-0.1, -0.05) is 17.7 Å². The molecule has 0 amide bonds. The number of carbonyl (C=O) groups excluding carboxylic acids is 1. The van der Waals surface area contributed by atoms with E-state index in [0.717, 1.165) is 72.8 Å². The number of pyridine rings is 1. The first kappa shape index (κ1) is 22.2. The second-order valence-electron chi connectivity index (χ2n) is 9.39. The molecule has 2 aliphatic rings. The molecular weight excluding hydrogens is 434 g/mol. The van der Waals surface area contributed by atoms with Crippen LogP contribution in [0.25, 0.3) is 22.0 Å². The number of halogens is 1. The number of anilines is 1. The number of fused-ring (bicyclic) bond motifs is 1. The number of aromatic nitrogens is 1. The Morgan fingerprint density at radius 2 is 1.88 bits per heavy atom. The summed E-state index contributed by atoms with van der Waals surface area (Å²) in [6, 6.07) is 12.2. The molecule has 2 saturated carbocycles. The van der Waals surface area contributed by atoms with Crippen molar-refractivity contribution in [3.8, 4) is 16.9 Å². The summed E-state index contributed by atoms with van der Waals surface area (Å²) in [4.78, 5) is 17.8. The van der Waals surface area contributed by atoms with Crippen molar-refractivity contribution < 1.29 is 9.53 Å². The molecule has 5 nitrogen and oxygen atoms in total. The molecule has 3 aromatic rings. The Hall–Kier alpha value is -2.63. The Morgan fingerprint density at radius 1 is 1.09 bits per heavy atom. The Balaban J connectivity index is 1.58. The van der Waals surface area contributed by atoms with Gasteiger partial charge in [0.15, 0.2) is 5.78 Å². The minimum atomic E-state index is 0.137. The molecule has 0 spiro atoms. The maximum Gasteiger partial charge on any atom is 0.169 e. The molecule has 0 radical (unpaired) electrons. The van der Waals surface area contributed by atoms with Gasteiger partial charge in [0, 0.05) is 28.6 Å². The largest absolute Gasteiger partial charge is 0.497 e. The molecule has 0 unspecified atom stereocenters. The van der Waals surface area contributed by atoms with Crippen LogP contribution in [0.5, 0.6) is 5.75 Å². The maximum atomic E-state index is 13.2. The minimum absolute atomic E-state index is 0.137. The molecular formula is C27H30ClN3O2. The van der Waals surface area contributed by atoms with E-state index in [9.17, 15) is 4.79 Å². The molecule has 0 aliphatic heterocycles. The highest BCUT2D eigenvalue weighted by Gasteiger charge is 2.33. The summed E-state index contributed by atoms with van der Waals surface area (Å²) in [5.74, 6) is 1.66. The second kappa shape index (κ2) is 9.32. The minimum Gasteiger partial charge on any atom is -0.497 e. The fourth-order valence-corrected chi connectivity index (χ4v) is 5.10. The zero-order valence-corrected chi connectivity index (χ0v) is 19.7. The van der Waals surface area contributed by atoms with Gasteiger partial charge in [-0.2, -0.15) is 0 Å². The van der Waals surface area contributed by atoms with Crippen LogP contribution in [0, 0.1) is 11.8 Å². The van der Waals surface area contributed by atoms with Gasteiger partial charge < -0.3 is 15.8 Å². The number of carbonyl (C=O) groups is 1. The molecule has 0 bridgehead atoms. The number of benzene rings is 2. The molecule has 1 heterocycles. The number of Topliss-reactive ketones (excluding diaryl/α,β-unsaturated/α-hetero) is 1. The number of ketones is 1. The van der Waals surface area contributed by atoms with Gasteiger partial charge >= 0.3 is 0 Å². The molecule has 5 rings (SSSR count). The summed E-state index contributed by atoms with van der Waals surface area (Å²) in [5, 5.41) is 5.35. The molecule has 2 aromatic carbocycles. The van der Waals surface area contributed by atoms with Gasteiger partial charge in [-0.25, -0.2) is 0 Å². The lowest BCUT2D eigenvalue weighted by molar-refractivity contribution is 0.0968. The number of nitrogens with zero attached hydrogens (tertiary/aromatic N) is 1. The summed E-state index contributed by atoms with van der Waals surface area (Å²) in [6.07, 6.45) is 8.08. The zero-order valence-electron chi connectivity index (χ0n) is 18.9. The monoisotopic (exact) mass is 463 g/mol. The highest BCUT2D eigenvalue weighted by molar-refractivity contribution is 6.31. The Bertz CT molecular complexity index is 1180. The molecule has 2 fully saturated rings. The van der Waals surface area contributed by atoms with Crippen molar-refractivity contribution in [3.63, 3.8) is 0 Å². The predicted molar refractivity (Wildman–Crippen MR) is 134 cm³/mol. The summed E-state index contributed by atoms with van der Waals surface area (Å²) >= 11 is 6.33. The molecule has 1 aromatic heterocycles. The first-order valence-corrected chi connectivity index (χ1v) is 12.2.